The Morgan fingerprint density at radius 3 is 2.73 bits per heavy atom. The summed E-state index contributed by atoms with van der Waals surface area (Å²) >= 11 is 0. The molecule has 0 aromatic carbocycles. The molecule has 1 rings (SSSR count). The van der Waals surface area contributed by atoms with Crippen LogP contribution < -0.4 is 5.32 Å². The van der Waals surface area contributed by atoms with Gasteiger partial charge in [0.1, 0.15) is 5.69 Å². The normalized spacial score (nSPS) is 12.1. The summed E-state index contributed by atoms with van der Waals surface area (Å²) in [5.74, 6) is -1.09. The fraction of sp³-hybridized carbons (Fsp3) is 0.333. The summed E-state index contributed by atoms with van der Waals surface area (Å²) in [5, 5.41) is 29.0. The smallest absolute Gasteiger partial charge is 0.354 e. The molecule has 1 unspecified atom stereocenters. The van der Waals surface area contributed by atoms with E-state index in [1.165, 1.54) is 12.3 Å². The predicted molar refractivity (Wildman–Crippen MR) is 52.8 cm³/mol. The maximum atomic E-state index is 10.5. The van der Waals surface area contributed by atoms with Crippen LogP contribution in [0.1, 0.15) is 10.5 Å². The summed E-state index contributed by atoms with van der Waals surface area (Å²) < 4.78 is 0. The largest absolute Gasteiger partial charge is 0.477 e. The van der Waals surface area contributed by atoms with Crippen LogP contribution in [0.5, 0.6) is 0 Å². The lowest BCUT2D eigenvalue weighted by Crippen LogP contribution is -2.23. The number of carboxylic acids is 1. The van der Waals surface area contributed by atoms with Crippen molar-refractivity contribution in [3.63, 3.8) is 0 Å². The first kappa shape index (κ1) is 11.4. The SMILES string of the molecule is O=C(O)c1ccc(NCC(O)CO)cn1. The molecule has 6 heteroatoms. The molecule has 0 bridgehead atoms. The van der Waals surface area contributed by atoms with Crippen molar-refractivity contribution in [1.82, 2.24) is 4.98 Å². The van der Waals surface area contributed by atoms with Crippen LogP contribution >= 0.6 is 0 Å². The molecule has 0 aliphatic carbocycles. The zero-order valence-corrected chi connectivity index (χ0v) is 7.92. The van der Waals surface area contributed by atoms with Crippen LogP contribution in [0.4, 0.5) is 5.69 Å². The molecule has 0 saturated heterocycles. The lowest BCUT2D eigenvalue weighted by molar-refractivity contribution is 0.0690. The molecule has 0 aliphatic heterocycles. The Bertz CT molecular complexity index is 325. The number of aromatic carboxylic acids is 1. The van der Waals surface area contributed by atoms with Crippen molar-refractivity contribution >= 4 is 11.7 Å². The molecule has 0 aliphatic rings. The fourth-order valence-electron chi connectivity index (χ4n) is 0.925. The second-order valence-electron chi connectivity index (χ2n) is 2.95. The van der Waals surface area contributed by atoms with Crippen molar-refractivity contribution in [2.75, 3.05) is 18.5 Å². The van der Waals surface area contributed by atoms with E-state index in [0.29, 0.717) is 5.69 Å². The number of nitrogens with one attached hydrogen (secondary N) is 1. The number of hydrogen-bond acceptors (Lipinski definition) is 5. The second kappa shape index (κ2) is 5.28. The third kappa shape index (κ3) is 3.53. The van der Waals surface area contributed by atoms with Gasteiger partial charge < -0.3 is 20.6 Å². The van der Waals surface area contributed by atoms with Crippen molar-refractivity contribution in [1.29, 1.82) is 0 Å². The van der Waals surface area contributed by atoms with E-state index in [9.17, 15) is 4.79 Å². The summed E-state index contributed by atoms with van der Waals surface area (Å²) in [6.45, 7) is -0.141. The number of aliphatic hydroxyl groups is 2. The standard InChI is InChI=1S/C9H12N2O4/c12-5-7(13)4-10-6-1-2-8(9(14)15)11-3-6/h1-3,7,10,12-13H,4-5H2,(H,14,15). The van der Waals surface area contributed by atoms with Gasteiger partial charge in [-0.25, -0.2) is 9.78 Å². The molecular weight excluding hydrogens is 200 g/mol. The minimum atomic E-state index is -1.09. The molecule has 0 fully saturated rings. The minimum absolute atomic E-state index is 0.0387. The number of aliphatic hydroxyl groups excluding tert-OH is 2. The number of rotatable bonds is 5. The molecule has 0 saturated carbocycles. The third-order valence-electron chi connectivity index (χ3n) is 1.74. The summed E-state index contributed by atoms with van der Waals surface area (Å²) in [5.41, 5.74) is 0.552. The van der Waals surface area contributed by atoms with Gasteiger partial charge in [0, 0.05) is 6.54 Å². The maximum absolute atomic E-state index is 10.5. The first-order chi connectivity index (χ1) is 7.13. The van der Waals surface area contributed by atoms with E-state index in [1.54, 1.807) is 6.07 Å². The van der Waals surface area contributed by atoms with E-state index in [-0.39, 0.29) is 18.8 Å². The molecule has 6 nitrogen and oxygen atoms in total. The van der Waals surface area contributed by atoms with Crippen LogP contribution in [0.15, 0.2) is 18.3 Å². The van der Waals surface area contributed by atoms with E-state index in [2.05, 4.69) is 10.3 Å². The number of aromatic nitrogens is 1. The molecular formula is C9H12N2O4. The van der Waals surface area contributed by atoms with E-state index < -0.39 is 12.1 Å². The Labute approximate surface area is 86.2 Å². The highest BCUT2D eigenvalue weighted by molar-refractivity contribution is 5.85. The van der Waals surface area contributed by atoms with Crippen LogP contribution in [0.2, 0.25) is 0 Å². The molecule has 0 spiro atoms. The zero-order valence-electron chi connectivity index (χ0n) is 7.92. The predicted octanol–water partition coefficient (Wildman–Crippen LogP) is -0.455. The number of hydrogen-bond donors (Lipinski definition) is 4. The topological polar surface area (TPSA) is 103 Å². The van der Waals surface area contributed by atoms with Crippen molar-refractivity contribution < 1.29 is 20.1 Å². The van der Waals surface area contributed by atoms with E-state index in [4.69, 9.17) is 15.3 Å². The van der Waals surface area contributed by atoms with Crippen molar-refractivity contribution in [2.24, 2.45) is 0 Å². The molecule has 1 atom stereocenters. The van der Waals surface area contributed by atoms with Gasteiger partial charge >= 0.3 is 5.97 Å². The van der Waals surface area contributed by atoms with Gasteiger partial charge in [0.15, 0.2) is 0 Å². The lowest BCUT2D eigenvalue weighted by Gasteiger charge is -2.09. The Hall–Kier alpha value is -1.66. The highest BCUT2D eigenvalue weighted by atomic mass is 16.4. The van der Waals surface area contributed by atoms with Gasteiger partial charge in [-0.05, 0) is 12.1 Å². The van der Waals surface area contributed by atoms with Gasteiger partial charge in [0.2, 0.25) is 0 Å². The number of carbonyl (C=O) groups is 1. The maximum Gasteiger partial charge on any atom is 0.354 e. The van der Waals surface area contributed by atoms with Gasteiger partial charge in [0.25, 0.3) is 0 Å². The molecule has 0 amide bonds. The van der Waals surface area contributed by atoms with E-state index in [1.807, 2.05) is 0 Å². The minimum Gasteiger partial charge on any atom is -0.477 e. The average molecular weight is 212 g/mol. The number of pyridine rings is 1. The molecule has 15 heavy (non-hydrogen) atoms. The summed E-state index contributed by atoms with van der Waals surface area (Å²) in [7, 11) is 0. The Morgan fingerprint density at radius 2 is 2.27 bits per heavy atom. The van der Waals surface area contributed by atoms with Gasteiger partial charge in [-0.15, -0.1) is 0 Å². The second-order valence-corrected chi connectivity index (χ2v) is 2.95. The number of nitrogens with zero attached hydrogens (tertiary/aromatic N) is 1. The number of anilines is 1. The van der Waals surface area contributed by atoms with Gasteiger partial charge in [-0.3, -0.25) is 0 Å². The first-order valence-corrected chi connectivity index (χ1v) is 4.35. The molecule has 1 aromatic rings. The van der Waals surface area contributed by atoms with Crippen molar-refractivity contribution in [3.8, 4) is 0 Å². The van der Waals surface area contributed by atoms with Crippen molar-refractivity contribution in [3.05, 3.63) is 24.0 Å². The van der Waals surface area contributed by atoms with E-state index >= 15 is 0 Å². The van der Waals surface area contributed by atoms with Crippen LogP contribution in [0, 0.1) is 0 Å². The van der Waals surface area contributed by atoms with Crippen LogP contribution in [-0.2, 0) is 0 Å². The highest BCUT2D eigenvalue weighted by Gasteiger charge is 2.04. The third-order valence-corrected chi connectivity index (χ3v) is 1.74. The first-order valence-electron chi connectivity index (χ1n) is 4.35. The van der Waals surface area contributed by atoms with Crippen molar-refractivity contribution in [2.45, 2.75) is 6.10 Å². The average Bonchev–Trinajstić information content (AvgIpc) is 2.26. The summed E-state index contributed by atoms with van der Waals surface area (Å²) in [4.78, 5) is 14.1. The van der Waals surface area contributed by atoms with Crippen LogP contribution in [-0.4, -0.2) is 45.5 Å². The Balaban J connectivity index is 2.53. The van der Waals surface area contributed by atoms with Crippen LogP contribution in [0.25, 0.3) is 0 Å². The lowest BCUT2D eigenvalue weighted by atomic mass is 10.3. The fourth-order valence-corrected chi connectivity index (χ4v) is 0.925. The highest BCUT2D eigenvalue weighted by Crippen LogP contribution is 2.05. The Morgan fingerprint density at radius 1 is 1.53 bits per heavy atom. The summed E-state index contributed by atoms with van der Waals surface area (Å²) in [6, 6.07) is 2.90. The van der Waals surface area contributed by atoms with Gasteiger partial charge in [0.05, 0.1) is 24.6 Å². The molecule has 4 N–H and O–H groups in total. The quantitative estimate of drug-likeness (QED) is 0.527. The summed E-state index contributed by atoms with van der Waals surface area (Å²) in [6.07, 6.45) is 0.511. The zero-order chi connectivity index (χ0) is 11.3. The Kier molecular flexibility index (Phi) is 4.02. The molecule has 0 radical (unpaired) electrons. The van der Waals surface area contributed by atoms with Crippen LogP contribution in [0.3, 0.4) is 0 Å². The molecule has 1 heterocycles. The monoisotopic (exact) mass is 212 g/mol. The molecule has 82 valence electrons. The number of carboxylic acid groups (broad SMARTS) is 1. The van der Waals surface area contributed by atoms with E-state index in [0.717, 1.165) is 0 Å². The van der Waals surface area contributed by atoms with Gasteiger partial charge in [-0.2, -0.15) is 0 Å². The van der Waals surface area contributed by atoms with Gasteiger partial charge in [-0.1, -0.05) is 0 Å². The molecule has 1 aromatic heterocycles.